The predicted molar refractivity (Wildman–Crippen MR) is 169 cm³/mol. The largest absolute Gasteiger partial charge is 0.473 e. The van der Waals surface area contributed by atoms with E-state index < -0.39 is 23.8 Å². The summed E-state index contributed by atoms with van der Waals surface area (Å²) < 4.78 is 15.4. The van der Waals surface area contributed by atoms with Crippen LogP contribution in [0.15, 0.2) is 24.3 Å². The summed E-state index contributed by atoms with van der Waals surface area (Å²) in [6.45, 7) is 42.1. The second kappa shape index (κ2) is 10.3. The van der Waals surface area contributed by atoms with Crippen molar-refractivity contribution >= 4 is 29.2 Å². The van der Waals surface area contributed by atoms with E-state index in [1.54, 1.807) is 0 Å². The monoisotopic (exact) mass is 543 g/mol. The van der Waals surface area contributed by atoms with E-state index in [9.17, 15) is 5.26 Å². The summed E-state index contributed by atoms with van der Waals surface area (Å²) >= 11 is 0. The lowest BCUT2D eigenvalue weighted by molar-refractivity contribution is 0.303. The molecule has 1 aromatic carbocycles. The minimum absolute atomic E-state index is 0.0812. The van der Waals surface area contributed by atoms with E-state index >= 15 is 0 Å². The molecular formula is C31H58BNO2Si2. The van der Waals surface area contributed by atoms with Gasteiger partial charge < -0.3 is 8.69 Å². The van der Waals surface area contributed by atoms with Crippen molar-refractivity contribution in [3.8, 4) is 6.07 Å². The van der Waals surface area contributed by atoms with Crippen LogP contribution in [0.3, 0.4) is 0 Å². The Kier molecular flexibility index (Phi) is 9.48. The fourth-order valence-corrected chi connectivity index (χ4v) is 25.8. The second-order valence-electron chi connectivity index (χ2n) is 17.1. The van der Waals surface area contributed by atoms with E-state index in [1.807, 2.05) is 24.3 Å². The maximum atomic E-state index is 10.2. The van der Waals surface area contributed by atoms with Crippen molar-refractivity contribution in [2.24, 2.45) is 0 Å². The lowest BCUT2D eigenvalue weighted by Crippen LogP contribution is -2.69. The minimum atomic E-state index is -2.67. The third kappa shape index (κ3) is 6.00. The highest BCUT2D eigenvalue weighted by atomic mass is 28.4. The molecule has 0 heterocycles. The highest BCUT2D eigenvalue weighted by Gasteiger charge is 2.67. The van der Waals surface area contributed by atoms with Gasteiger partial charge in [-0.15, -0.1) is 0 Å². The molecule has 1 aromatic rings. The average molecular weight is 544 g/mol. The number of hydrogen-bond donors (Lipinski definition) is 0. The Morgan fingerprint density at radius 2 is 0.811 bits per heavy atom. The maximum Gasteiger partial charge on any atom is 0.473 e. The van der Waals surface area contributed by atoms with Gasteiger partial charge in [0.25, 0.3) is 0 Å². The third-order valence-electron chi connectivity index (χ3n) is 8.24. The van der Waals surface area contributed by atoms with Crippen molar-refractivity contribution in [2.45, 2.75) is 155 Å². The van der Waals surface area contributed by atoms with E-state index in [2.05, 4.69) is 131 Å². The highest BCUT2D eigenvalue weighted by Crippen LogP contribution is 2.65. The van der Waals surface area contributed by atoms with Crippen LogP contribution < -0.4 is 5.46 Å². The van der Waals surface area contributed by atoms with Crippen LogP contribution >= 0.6 is 0 Å². The Bertz CT molecular complexity index is 848. The van der Waals surface area contributed by atoms with Crippen LogP contribution in [-0.4, -0.2) is 23.8 Å². The first-order valence-corrected chi connectivity index (χ1v) is 17.8. The van der Waals surface area contributed by atoms with Gasteiger partial charge in [0.1, 0.15) is 0 Å². The summed E-state index contributed by atoms with van der Waals surface area (Å²) in [4.78, 5) is 0. The summed E-state index contributed by atoms with van der Waals surface area (Å²) in [7, 11) is -5.96. The maximum absolute atomic E-state index is 10.2. The molecule has 0 saturated carbocycles. The Balaban J connectivity index is 4.25. The van der Waals surface area contributed by atoms with Gasteiger partial charge in [0.2, 0.25) is 0 Å². The highest BCUT2D eigenvalue weighted by molar-refractivity contribution is 6.93. The molecule has 0 aliphatic carbocycles. The van der Waals surface area contributed by atoms with Gasteiger partial charge in [-0.1, -0.05) is 143 Å². The van der Waals surface area contributed by atoms with Gasteiger partial charge in [-0.05, 0) is 41.8 Å². The smallest absolute Gasteiger partial charge is 0.448 e. The van der Waals surface area contributed by atoms with Gasteiger partial charge in [0.15, 0.2) is 16.6 Å². The van der Waals surface area contributed by atoms with Gasteiger partial charge in [0.05, 0.1) is 11.6 Å². The van der Waals surface area contributed by atoms with Crippen LogP contribution in [0.25, 0.3) is 0 Å². The first-order chi connectivity index (χ1) is 16.1. The molecule has 0 aliphatic rings. The lowest BCUT2D eigenvalue weighted by Gasteiger charge is -2.62. The molecule has 0 spiro atoms. The first-order valence-electron chi connectivity index (χ1n) is 14.0. The molecule has 0 fully saturated rings. The van der Waals surface area contributed by atoms with E-state index in [0.29, 0.717) is 5.56 Å². The fraction of sp³-hybridized carbons (Fsp3) is 0.774. The van der Waals surface area contributed by atoms with Crippen LogP contribution in [-0.2, 0) is 8.69 Å². The molecule has 0 radical (unpaired) electrons. The zero-order valence-electron chi connectivity index (χ0n) is 27.7. The van der Waals surface area contributed by atoms with Gasteiger partial charge in [-0.25, -0.2) is 0 Å². The van der Waals surface area contributed by atoms with Crippen molar-refractivity contribution in [2.75, 3.05) is 0 Å². The summed E-state index contributed by atoms with van der Waals surface area (Å²) in [6, 6.07) is 10.3. The van der Waals surface area contributed by atoms with Gasteiger partial charge in [-0.3, -0.25) is 0 Å². The Morgan fingerprint density at radius 1 is 0.541 bits per heavy atom. The van der Waals surface area contributed by atoms with Crippen molar-refractivity contribution in [1.29, 1.82) is 5.26 Å². The zero-order chi connectivity index (χ0) is 29.7. The first kappa shape index (κ1) is 34.2. The number of hydrogen-bond acceptors (Lipinski definition) is 3. The van der Waals surface area contributed by atoms with Crippen molar-refractivity contribution in [1.82, 2.24) is 0 Å². The van der Waals surface area contributed by atoms with E-state index in [1.165, 1.54) is 0 Å². The average Bonchev–Trinajstić information content (AvgIpc) is 2.61. The normalized spacial score (nSPS) is 14.9. The molecule has 210 valence electrons. The van der Waals surface area contributed by atoms with Crippen molar-refractivity contribution in [3.63, 3.8) is 0 Å². The molecule has 0 bridgehead atoms. The van der Waals surface area contributed by atoms with Crippen LogP contribution in [0.1, 0.15) is 130 Å². The molecule has 0 aromatic heterocycles. The topological polar surface area (TPSA) is 42.2 Å². The zero-order valence-corrected chi connectivity index (χ0v) is 29.7. The molecular weight excluding hydrogens is 485 g/mol. The molecule has 0 N–H and O–H groups in total. The Hall–Kier alpha value is -0.871. The molecule has 0 aliphatic heterocycles. The van der Waals surface area contributed by atoms with Crippen molar-refractivity contribution in [3.05, 3.63) is 29.8 Å². The second-order valence-corrected chi connectivity index (χ2v) is 29.3. The quantitative estimate of drug-likeness (QED) is 0.347. The molecule has 0 unspecified atom stereocenters. The van der Waals surface area contributed by atoms with Crippen molar-refractivity contribution < 1.29 is 8.69 Å². The number of rotatable bonds is 5. The lowest BCUT2D eigenvalue weighted by atomic mass is 9.77. The summed E-state index contributed by atoms with van der Waals surface area (Å²) in [6.07, 6.45) is 0. The Morgan fingerprint density at radius 3 is 1.05 bits per heavy atom. The molecule has 0 amide bonds. The molecule has 37 heavy (non-hydrogen) atoms. The SMILES string of the molecule is CC(C)(C)[Si](OB(O[Si](C(C)(C)C)(C(C)(C)C)C(C)(C)C)c1ccccc1C#N)(C(C)(C)C)C(C)(C)C. The third-order valence-corrected chi connectivity index (χ3v) is 22.0. The van der Waals surface area contributed by atoms with Gasteiger partial charge >= 0.3 is 7.12 Å². The van der Waals surface area contributed by atoms with Gasteiger partial charge in [-0.2, -0.15) is 5.26 Å². The number of benzene rings is 1. The molecule has 3 nitrogen and oxygen atoms in total. The number of nitrogens with zero attached hydrogens (tertiary/aromatic N) is 1. The summed E-state index contributed by atoms with van der Waals surface area (Å²) in [5, 5.41) is 9.70. The molecule has 0 atom stereocenters. The summed E-state index contributed by atoms with van der Waals surface area (Å²) in [5.74, 6) is 0. The standard InChI is InChI=1S/C31H58BNO2Si2/c1-26(2,3)36(27(4,5)6,28(7,8)9)34-32(25-22-20-19-21-24(25)23-33)35-37(29(10,11)12,30(13,14)15)31(16,17)18/h19-22H,1-18H3. The summed E-state index contributed by atoms with van der Waals surface area (Å²) in [5.41, 5.74) is 1.49. The van der Waals surface area contributed by atoms with E-state index in [0.717, 1.165) is 5.46 Å². The Labute approximate surface area is 233 Å². The molecule has 1 rings (SSSR count). The van der Waals surface area contributed by atoms with Gasteiger partial charge in [0, 0.05) is 0 Å². The molecule has 6 heteroatoms. The van der Waals surface area contributed by atoms with Crippen LogP contribution in [0.5, 0.6) is 0 Å². The predicted octanol–water partition coefficient (Wildman–Crippen LogP) is 9.98. The number of nitriles is 1. The fourth-order valence-electron chi connectivity index (χ4n) is 9.09. The van der Waals surface area contributed by atoms with E-state index in [-0.39, 0.29) is 30.2 Å². The van der Waals surface area contributed by atoms with Crippen LogP contribution in [0.2, 0.25) is 30.2 Å². The van der Waals surface area contributed by atoms with Crippen LogP contribution in [0, 0.1) is 11.3 Å². The minimum Gasteiger partial charge on any atom is -0.448 e. The van der Waals surface area contributed by atoms with E-state index in [4.69, 9.17) is 8.69 Å². The molecule has 0 saturated heterocycles. The van der Waals surface area contributed by atoms with Crippen LogP contribution in [0.4, 0.5) is 0 Å².